The van der Waals surface area contributed by atoms with E-state index in [1.165, 1.54) is 10.5 Å². The normalized spacial score (nSPS) is 18.9. The van der Waals surface area contributed by atoms with Crippen LogP contribution in [0.4, 0.5) is 4.79 Å². The van der Waals surface area contributed by atoms with Crippen LogP contribution in [0.3, 0.4) is 0 Å². The number of imide groups is 1. The van der Waals surface area contributed by atoms with E-state index in [1.807, 2.05) is 26.8 Å². The largest absolute Gasteiger partial charge is 0.458 e. The molecule has 1 saturated heterocycles. The van der Waals surface area contributed by atoms with Crippen LogP contribution in [0.2, 0.25) is 0 Å². The second-order valence-electron chi connectivity index (χ2n) is 8.27. The van der Waals surface area contributed by atoms with Crippen LogP contribution in [0, 0.1) is 12.8 Å². The summed E-state index contributed by atoms with van der Waals surface area (Å²) in [6.45, 7) is 6.88. The average Bonchev–Trinajstić information content (AvgIpc) is 2.89. The Hall–Kier alpha value is -3.23. The molecule has 0 aliphatic carbocycles. The van der Waals surface area contributed by atoms with E-state index in [9.17, 15) is 19.2 Å². The molecular formula is C21H26N4O5. The van der Waals surface area contributed by atoms with E-state index in [0.717, 1.165) is 16.9 Å². The maximum absolute atomic E-state index is 12.7. The molecule has 0 spiro atoms. The fourth-order valence-corrected chi connectivity index (χ4v) is 3.30. The van der Waals surface area contributed by atoms with E-state index in [-0.39, 0.29) is 17.9 Å². The molecule has 0 radical (unpaired) electrons. The summed E-state index contributed by atoms with van der Waals surface area (Å²) in [5, 5.41) is 2.67. The van der Waals surface area contributed by atoms with Crippen molar-refractivity contribution in [1.29, 1.82) is 0 Å². The van der Waals surface area contributed by atoms with Crippen LogP contribution in [0.15, 0.2) is 29.2 Å². The Morgan fingerprint density at radius 1 is 1.27 bits per heavy atom. The number of aromatic nitrogens is 2. The van der Waals surface area contributed by atoms with Crippen LogP contribution in [-0.4, -0.2) is 44.3 Å². The molecule has 1 aliphatic heterocycles. The highest BCUT2D eigenvalue weighted by Gasteiger charge is 2.48. The van der Waals surface area contributed by atoms with Gasteiger partial charge in [-0.15, -0.1) is 0 Å². The molecule has 1 N–H and O–H groups in total. The summed E-state index contributed by atoms with van der Waals surface area (Å²) in [5.41, 5.74) is 0.337. The predicted molar refractivity (Wildman–Crippen MR) is 109 cm³/mol. The molecular weight excluding hydrogens is 388 g/mol. The quantitative estimate of drug-likeness (QED) is 0.546. The minimum Gasteiger partial charge on any atom is -0.458 e. The molecule has 0 aromatic carbocycles. The van der Waals surface area contributed by atoms with Gasteiger partial charge < -0.3 is 10.1 Å². The lowest BCUT2D eigenvalue weighted by Gasteiger charge is -2.22. The number of rotatable bonds is 7. The van der Waals surface area contributed by atoms with Crippen molar-refractivity contribution in [2.75, 3.05) is 6.54 Å². The Kier molecular flexibility index (Phi) is 5.91. The zero-order valence-corrected chi connectivity index (χ0v) is 17.6. The van der Waals surface area contributed by atoms with Crippen LogP contribution in [0.25, 0.3) is 5.65 Å². The molecule has 1 fully saturated rings. The first-order valence-electron chi connectivity index (χ1n) is 9.88. The molecule has 3 heterocycles. The van der Waals surface area contributed by atoms with Crippen LogP contribution < -0.4 is 10.9 Å². The number of fused-ring (bicyclic) bond motifs is 1. The number of nitrogens with one attached hydrogen (secondary N) is 1. The van der Waals surface area contributed by atoms with Gasteiger partial charge in [0.15, 0.2) is 0 Å². The number of urea groups is 1. The number of hydrogen-bond acceptors (Lipinski definition) is 6. The molecule has 30 heavy (non-hydrogen) atoms. The van der Waals surface area contributed by atoms with Crippen molar-refractivity contribution in [1.82, 2.24) is 19.6 Å². The maximum atomic E-state index is 12.7. The summed E-state index contributed by atoms with van der Waals surface area (Å²) in [6.07, 6.45) is 2.93. The average molecular weight is 414 g/mol. The van der Waals surface area contributed by atoms with Gasteiger partial charge in [0.1, 0.15) is 24.3 Å². The number of ether oxygens (including phenoxy) is 1. The smallest absolute Gasteiger partial charge is 0.326 e. The molecule has 9 heteroatoms. The van der Waals surface area contributed by atoms with Crippen molar-refractivity contribution < 1.29 is 19.1 Å². The van der Waals surface area contributed by atoms with Gasteiger partial charge >= 0.3 is 12.0 Å². The van der Waals surface area contributed by atoms with Gasteiger partial charge in [-0.3, -0.25) is 23.7 Å². The van der Waals surface area contributed by atoms with Gasteiger partial charge in [0, 0.05) is 12.3 Å². The Morgan fingerprint density at radius 2 is 2.00 bits per heavy atom. The number of carbonyl (C=O) groups excluding carboxylic acids is 3. The Bertz CT molecular complexity index is 1060. The predicted octanol–water partition coefficient (Wildman–Crippen LogP) is 1.79. The topological polar surface area (TPSA) is 110 Å². The molecule has 0 saturated carbocycles. The zero-order valence-electron chi connectivity index (χ0n) is 17.6. The lowest BCUT2D eigenvalue weighted by molar-refractivity contribution is -0.148. The first-order valence-corrected chi connectivity index (χ1v) is 9.88. The number of esters is 1. The van der Waals surface area contributed by atoms with Crippen LogP contribution >= 0.6 is 0 Å². The van der Waals surface area contributed by atoms with E-state index in [1.54, 1.807) is 19.2 Å². The number of carbonyl (C=O) groups is 3. The fourth-order valence-electron chi connectivity index (χ4n) is 3.30. The van der Waals surface area contributed by atoms with Crippen LogP contribution in [-0.2, 0) is 20.9 Å². The second kappa shape index (κ2) is 8.25. The molecule has 0 bridgehead atoms. The third-order valence-corrected chi connectivity index (χ3v) is 5.10. The van der Waals surface area contributed by atoms with E-state index < -0.39 is 30.0 Å². The van der Waals surface area contributed by atoms with E-state index >= 15 is 0 Å². The van der Waals surface area contributed by atoms with Crippen molar-refractivity contribution in [3.05, 3.63) is 46.0 Å². The first-order chi connectivity index (χ1) is 14.1. The molecule has 2 aromatic rings. The third kappa shape index (κ3) is 4.50. The Balaban J connectivity index is 1.63. The van der Waals surface area contributed by atoms with Crippen molar-refractivity contribution in [2.45, 2.75) is 52.7 Å². The summed E-state index contributed by atoms with van der Waals surface area (Å²) in [5.74, 6) is -0.812. The second-order valence-corrected chi connectivity index (χ2v) is 8.27. The molecule has 3 rings (SSSR count). The number of nitrogens with zero attached hydrogens (tertiary/aromatic N) is 3. The van der Waals surface area contributed by atoms with Gasteiger partial charge in [0.05, 0.1) is 5.69 Å². The molecule has 9 nitrogen and oxygen atoms in total. The summed E-state index contributed by atoms with van der Waals surface area (Å²) in [6, 6.07) is 4.20. The number of aryl methyl sites for hydroxylation is 1. The molecule has 160 valence electrons. The SMILES string of the molecule is Cc1ccc2nc(COC(=O)CN3C(=O)N[C@@](C)(CCC(C)C)C3=O)cc(=O)n2c1. The van der Waals surface area contributed by atoms with E-state index in [4.69, 9.17) is 4.74 Å². The minimum absolute atomic E-state index is 0.229. The van der Waals surface area contributed by atoms with Crippen LogP contribution in [0.5, 0.6) is 0 Å². The summed E-state index contributed by atoms with van der Waals surface area (Å²) < 4.78 is 6.57. The number of hydrogen-bond donors (Lipinski definition) is 1. The van der Waals surface area contributed by atoms with Gasteiger partial charge in [-0.2, -0.15) is 0 Å². The standard InChI is InChI=1S/C21H26N4O5/c1-13(2)7-8-21(4)19(28)25(20(29)23-21)11-18(27)30-12-15-9-17(26)24-10-14(3)5-6-16(24)22-15/h5-6,9-10,13H,7-8,11-12H2,1-4H3,(H,23,29)/t21-/m0/s1. The maximum Gasteiger partial charge on any atom is 0.326 e. The van der Waals surface area contributed by atoms with Gasteiger partial charge in [-0.1, -0.05) is 19.9 Å². The van der Waals surface area contributed by atoms with E-state index in [0.29, 0.717) is 18.0 Å². The minimum atomic E-state index is -1.02. The monoisotopic (exact) mass is 414 g/mol. The number of amides is 3. The third-order valence-electron chi connectivity index (χ3n) is 5.10. The Labute approximate surface area is 174 Å². The summed E-state index contributed by atoms with van der Waals surface area (Å²) in [7, 11) is 0. The lowest BCUT2D eigenvalue weighted by atomic mass is 9.92. The van der Waals surface area contributed by atoms with Crippen molar-refractivity contribution in [3.63, 3.8) is 0 Å². The van der Waals surface area contributed by atoms with Crippen molar-refractivity contribution in [2.24, 2.45) is 5.92 Å². The highest BCUT2D eigenvalue weighted by atomic mass is 16.5. The Morgan fingerprint density at radius 3 is 2.70 bits per heavy atom. The van der Waals surface area contributed by atoms with Gasteiger partial charge in [0.2, 0.25) is 0 Å². The molecule has 2 aromatic heterocycles. The molecule has 3 amide bonds. The van der Waals surface area contributed by atoms with Gasteiger partial charge in [-0.05, 0) is 44.2 Å². The fraction of sp³-hybridized carbons (Fsp3) is 0.476. The van der Waals surface area contributed by atoms with Crippen molar-refractivity contribution in [3.8, 4) is 0 Å². The summed E-state index contributed by atoms with van der Waals surface area (Å²) >= 11 is 0. The number of pyridine rings is 1. The summed E-state index contributed by atoms with van der Waals surface area (Å²) in [4.78, 5) is 54.5. The van der Waals surface area contributed by atoms with Crippen molar-refractivity contribution >= 4 is 23.6 Å². The van der Waals surface area contributed by atoms with Crippen LogP contribution in [0.1, 0.15) is 44.9 Å². The zero-order chi connectivity index (χ0) is 22.1. The van der Waals surface area contributed by atoms with E-state index in [2.05, 4.69) is 10.3 Å². The van der Waals surface area contributed by atoms with Gasteiger partial charge in [0.25, 0.3) is 11.5 Å². The highest BCUT2D eigenvalue weighted by Crippen LogP contribution is 2.24. The molecule has 1 aliphatic rings. The van der Waals surface area contributed by atoms with Gasteiger partial charge in [-0.25, -0.2) is 9.78 Å². The highest BCUT2D eigenvalue weighted by molar-refractivity contribution is 6.08. The lowest BCUT2D eigenvalue weighted by Crippen LogP contribution is -2.44. The molecule has 1 atom stereocenters. The first kappa shape index (κ1) is 21.5. The molecule has 0 unspecified atom stereocenters.